The van der Waals surface area contributed by atoms with E-state index in [0.29, 0.717) is 0 Å². The number of carbonyl (C=O) groups excluding carboxylic acids is 1. The van der Waals surface area contributed by atoms with Crippen LogP contribution in [0.5, 0.6) is 0 Å². The van der Waals surface area contributed by atoms with Crippen molar-refractivity contribution < 1.29 is 9.72 Å². The van der Waals surface area contributed by atoms with Crippen molar-refractivity contribution in [2.45, 2.75) is 13.8 Å². The van der Waals surface area contributed by atoms with Crippen LogP contribution in [0.25, 0.3) is 0 Å². The van der Waals surface area contributed by atoms with Crippen molar-refractivity contribution in [2.75, 3.05) is 5.32 Å². The predicted octanol–water partition coefficient (Wildman–Crippen LogP) is 1.69. The molecule has 0 aliphatic rings. The van der Waals surface area contributed by atoms with Gasteiger partial charge in [-0.3, -0.25) is 14.9 Å². The van der Waals surface area contributed by atoms with Crippen molar-refractivity contribution in [3.8, 4) is 0 Å². The van der Waals surface area contributed by atoms with Gasteiger partial charge in [0.05, 0.1) is 4.92 Å². The average Bonchev–Trinajstić information content (AvgIpc) is 2.11. The first-order valence-electron chi connectivity index (χ1n) is 3.95. The number of hydrogen-bond donors (Lipinski definition) is 1. The Balaban J connectivity index is 3.30. The number of nitro benzene ring substituents is 1. The number of nitrogens with one attached hydrogen (secondary N) is 1. The van der Waals surface area contributed by atoms with Gasteiger partial charge in [-0.2, -0.15) is 0 Å². The summed E-state index contributed by atoms with van der Waals surface area (Å²) in [4.78, 5) is 20.1. The lowest BCUT2D eigenvalue weighted by Gasteiger charge is -2.04. The van der Waals surface area contributed by atoms with Crippen LogP contribution in [-0.2, 0) is 4.79 Å². The molecule has 0 aliphatic carbocycles. The number of rotatable bonds is 3. The van der Waals surface area contributed by atoms with E-state index in [-0.39, 0.29) is 11.4 Å². The summed E-state index contributed by atoms with van der Waals surface area (Å²) in [5.41, 5.74) is 1.76. The summed E-state index contributed by atoms with van der Waals surface area (Å²) < 4.78 is 0. The van der Waals surface area contributed by atoms with E-state index in [2.05, 4.69) is 5.32 Å². The van der Waals surface area contributed by atoms with Gasteiger partial charge in [-0.1, -0.05) is 0 Å². The maximum Gasteiger partial charge on any atom is 0.314 e. The molecule has 0 saturated heterocycles. The van der Waals surface area contributed by atoms with Crippen molar-refractivity contribution in [1.82, 2.24) is 0 Å². The molecule has 14 heavy (non-hydrogen) atoms. The summed E-state index contributed by atoms with van der Waals surface area (Å²) in [6, 6.07) is 2.98. The molecule has 1 rings (SSSR count). The van der Waals surface area contributed by atoms with Crippen LogP contribution in [0.15, 0.2) is 12.1 Å². The molecule has 5 nitrogen and oxygen atoms in total. The Bertz CT molecular complexity index is 388. The second-order valence-corrected chi connectivity index (χ2v) is 2.94. The lowest BCUT2D eigenvalue weighted by molar-refractivity contribution is -0.384. The van der Waals surface area contributed by atoms with Crippen LogP contribution < -0.4 is 5.32 Å². The molecular weight excluding hydrogens is 184 g/mol. The molecule has 73 valence electrons. The predicted molar refractivity (Wildman–Crippen MR) is 51.9 cm³/mol. The van der Waals surface area contributed by atoms with Gasteiger partial charge >= 0.3 is 6.41 Å². The van der Waals surface area contributed by atoms with Gasteiger partial charge in [-0.15, -0.1) is 0 Å². The molecule has 0 heterocycles. The van der Waals surface area contributed by atoms with Crippen molar-refractivity contribution >= 4 is 17.8 Å². The van der Waals surface area contributed by atoms with E-state index in [4.69, 9.17) is 0 Å². The minimum Gasteiger partial charge on any atom is -0.312 e. The molecule has 0 aliphatic heterocycles. The zero-order chi connectivity index (χ0) is 10.7. The molecule has 0 unspecified atom stereocenters. The van der Waals surface area contributed by atoms with Crippen molar-refractivity contribution in [2.24, 2.45) is 0 Å². The standard InChI is InChI=1S/C9H9N2O3/c1-6-3-8(10-5-12)9(11(13)14)4-7(6)2/h3-4H,1-2H3,(H,10,12). The number of amides is 1. The second kappa shape index (κ2) is 3.87. The third-order valence-electron chi connectivity index (χ3n) is 1.99. The van der Waals surface area contributed by atoms with Crippen molar-refractivity contribution in [3.05, 3.63) is 33.4 Å². The van der Waals surface area contributed by atoms with Gasteiger partial charge < -0.3 is 5.32 Å². The Hall–Kier alpha value is -1.91. The number of benzene rings is 1. The molecule has 1 N–H and O–H groups in total. The Morgan fingerprint density at radius 3 is 2.43 bits per heavy atom. The van der Waals surface area contributed by atoms with Crippen LogP contribution >= 0.6 is 0 Å². The number of nitro groups is 1. The summed E-state index contributed by atoms with van der Waals surface area (Å²) in [6.45, 7) is 3.59. The normalized spacial score (nSPS) is 9.57. The molecule has 1 aromatic carbocycles. The highest BCUT2D eigenvalue weighted by Gasteiger charge is 2.14. The SMILES string of the molecule is Cc1cc(N[C]=O)c([N+](=O)[O-])cc1C. The average molecular weight is 193 g/mol. The first-order chi connectivity index (χ1) is 6.56. The fourth-order valence-electron chi connectivity index (χ4n) is 1.11. The van der Waals surface area contributed by atoms with Crippen LogP contribution in [0.1, 0.15) is 11.1 Å². The molecule has 1 amide bonds. The van der Waals surface area contributed by atoms with E-state index in [1.54, 1.807) is 13.0 Å². The number of aryl methyl sites for hydroxylation is 2. The summed E-state index contributed by atoms with van der Waals surface area (Å²) in [5, 5.41) is 12.8. The molecule has 0 spiro atoms. The molecule has 0 bridgehead atoms. The molecular formula is C9H9N2O3. The van der Waals surface area contributed by atoms with E-state index in [1.165, 1.54) is 12.5 Å². The summed E-state index contributed by atoms with van der Waals surface area (Å²) >= 11 is 0. The molecule has 1 radical (unpaired) electrons. The fourth-order valence-corrected chi connectivity index (χ4v) is 1.11. The lowest BCUT2D eigenvalue weighted by Crippen LogP contribution is -2.00. The highest BCUT2D eigenvalue weighted by Crippen LogP contribution is 2.27. The van der Waals surface area contributed by atoms with Gasteiger partial charge in [-0.25, -0.2) is 0 Å². The maximum atomic E-state index is 10.6. The zero-order valence-corrected chi connectivity index (χ0v) is 7.83. The molecule has 5 heteroatoms. The first kappa shape index (κ1) is 10.2. The number of hydrogen-bond acceptors (Lipinski definition) is 3. The Kier molecular flexibility index (Phi) is 2.81. The van der Waals surface area contributed by atoms with Crippen LogP contribution in [-0.4, -0.2) is 11.3 Å². The van der Waals surface area contributed by atoms with E-state index >= 15 is 0 Å². The third kappa shape index (κ3) is 1.87. The molecule has 1 aromatic rings. The summed E-state index contributed by atoms with van der Waals surface area (Å²) in [7, 11) is 0. The van der Waals surface area contributed by atoms with E-state index < -0.39 is 4.92 Å². The molecule has 0 fully saturated rings. The van der Waals surface area contributed by atoms with Crippen LogP contribution in [0, 0.1) is 24.0 Å². The van der Waals surface area contributed by atoms with Crippen molar-refractivity contribution in [1.29, 1.82) is 0 Å². The number of nitrogens with zero attached hydrogens (tertiary/aromatic N) is 1. The van der Waals surface area contributed by atoms with Gasteiger partial charge in [0, 0.05) is 6.07 Å². The van der Waals surface area contributed by atoms with Crippen molar-refractivity contribution in [3.63, 3.8) is 0 Å². The fraction of sp³-hybridized carbons (Fsp3) is 0.222. The van der Waals surface area contributed by atoms with Gasteiger partial charge in [0.2, 0.25) is 0 Å². The summed E-state index contributed by atoms with van der Waals surface area (Å²) in [5.74, 6) is 0. The van der Waals surface area contributed by atoms with Gasteiger partial charge in [0.1, 0.15) is 5.69 Å². The maximum absolute atomic E-state index is 10.6. The molecule has 0 saturated carbocycles. The van der Waals surface area contributed by atoms with Crippen LogP contribution in [0.4, 0.5) is 11.4 Å². The lowest BCUT2D eigenvalue weighted by atomic mass is 10.1. The Labute approximate surface area is 80.9 Å². The zero-order valence-electron chi connectivity index (χ0n) is 7.83. The first-order valence-corrected chi connectivity index (χ1v) is 3.95. The summed E-state index contributed by atoms with van der Waals surface area (Å²) in [6.07, 6.45) is 1.42. The quantitative estimate of drug-likeness (QED) is 0.451. The minimum absolute atomic E-state index is 0.114. The molecule has 0 atom stereocenters. The highest BCUT2D eigenvalue weighted by atomic mass is 16.6. The van der Waals surface area contributed by atoms with E-state index in [0.717, 1.165) is 11.1 Å². The smallest absolute Gasteiger partial charge is 0.312 e. The van der Waals surface area contributed by atoms with Crippen LogP contribution in [0.3, 0.4) is 0 Å². The largest absolute Gasteiger partial charge is 0.314 e. The van der Waals surface area contributed by atoms with E-state index in [1.807, 2.05) is 6.92 Å². The second-order valence-electron chi connectivity index (χ2n) is 2.94. The monoisotopic (exact) mass is 193 g/mol. The van der Waals surface area contributed by atoms with Gasteiger partial charge in [0.15, 0.2) is 0 Å². The van der Waals surface area contributed by atoms with Crippen LogP contribution in [0.2, 0.25) is 0 Å². The van der Waals surface area contributed by atoms with E-state index in [9.17, 15) is 14.9 Å². The highest BCUT2D eigenvalue weighted by molar-refractivity contribution is 5.78. The Morgan fingerprint density at radius 1 is 1.36 bits per heavy atom. The Morgan fingerprint density at radius 2 is 1.93 bits per heavy atom. The third-order valence-corrected chi connectivity index (χ3v) is 1.99. The minimum atomic E-state index is -0.536. The van der Waals surface area contributed by atoms with Gasteiger partial charge in [0.25, 0.3) is 5.69 Å². The van der Waals surface area contributed by atoms with Gasteiger partial charge in [-0.05, 0) is 31.0 Å². The topological polar surface area (TPSA) is 72.2 Å². The number of anilines is 1. The molecule has 0 aromatic heterocycles.